The molecule has 1 aromatic rings. The Balaban J connectivity index is 2.25. The SMILES string of the molecule is CC(c1ccc(F)cc1F)N1CCCCC1C(=O)O. The van der Waals surface area contributed by atoms with E-state index < -0.39 is 23.6 Å². The highest BCUT2D eigenvalue weighted by Crippen LogP contribution is 2.30. The van der Waals surface area contributed by atoms with E-state index in [9.17, 15) is 18.7 Å². The summed E-state index contributed by atoms with van der Waals surface area (Å²) >= 11 is 0. The number of carboxylic acids is 1. The van der Waals surface area contributed by atoms with Gasteiger partial charge in [-0.05, 0) is 32.4 Å². The molecule has 1 fully saturated rings. The normalized spacial score (nSPS) is 22.2. The molecule has 1 saturated heterocycles. The van der Waals surface area contributed by atoms with E-state index in [1.54, 1.807) is 11.8 Å². The molecule has 2 rings (SSSR count). The number of aliphatic carboxylic acids is 1. The Morgan fingerprint density at radius 2 is 2.16 bits per heavy atom. The van der Waals surface area contributed by atoms with Crippen LogP contribution in [0, 0.1) is 11.6 Å². The fourth-order valence-corrected chi connectivity index (χ4v) is 2.70. The molecule has 104 valence electrons. The van der Waals surface area contributed by atoms with Crippen molar-refractivity contribution in [1.82, 2.24) is 4.90 Å². The predicted molar refractivity (Wildman–Crippen MR) is 66.8 cm³/mol. The Labute approximate surface area is 110 Å². The van der Waals surface area contributed by atoms with Gasteiger partial charge in [-0.25, -0.2) is 8.78 Å². The van der Waals surface area contributed by atoms with E-state index in [1.807, 2.05) is 0 Å². The summed E-state index contributed by atoms with van der Waals surface area (Å²) in [4.78, 5) is 13.0. The quantitative estimate of drug-likeness (QED) is 0.917. The lowest BCUT2D eigenvalue weighted by Crippen LogP contribution is -2.45. The molecule has 0 bridgehead atoms. The van der Waals surface area contributed by atoms with Crippen LogP contribution in [0.5, 0.6) is 0 Å². The average Bonchev–Trinajstić information content (AvgIpc) is 2.38. The summed E-state index contributed by atoms with van der Waals surface area (Å²) in [5, 5.41) is 9.22. The zero-order valence-corrected chi connectivity index (χ0v) is 10.8. The number of hydrogen-bond donors (Lipinski definition) is 1. The summed E-state index contributed by atoms with van der Waals surface area (Å²) < 4.78 is 26.7. The van der Waals surface area contributed by atoms with Crippen LogP contribution >= 0.6 is 0 Å². The molecule has 0 amide bonds. The zero-order chi connectivity index (χ0) is 14.0. The fraction of sp³-hybridized carbons (Fsp3) is 0.500. The summed E-state index contributed by atoms with van der Waals surface area (Å²) in [5.41, 5.74) is 0.342. The first-order chi connectivity index (χ1) is 9.00. The predicted octanol–water partition coefficient (Wildman–Crippen LogP) is 2.96. The van der Waals surface area contributed by atoms with Gasteiger partial charge in [-0.3, -0.25) is 9.69 Å². The molecule has 1 N–H and O–H groups in total. The van der Waals surface area contributed by atoms with Crippen LogP contribution in [-0.4, -0.2) is 28.6 Å². The summed E-state index contributed by atoms with van der Waals surface area (Å²) in [7, 11) is 0. The molecule has 0 aromatic heterocycles. The summed E-state index contributed by atoms with van der Waals surface area (Å²) in [6.45, 7) is 2.38. The van der Waals surface area contributed by atoms with Crippen LogP contribution in [-0.2, 0) is 4.79 Å². The third-order valence-electron chi connectivity index (χ3n) is 3.74. The smallest absolute Gasteiger partial charge is 0.320 e. The first kappa shape index (κ1) is 13.9. The second kappa shape index (κ2) is 5.65. The minimum Gasteiger partial charge on any atom is -0.480 e. The molecule has 2 unspecified atom stereocenters. The zero-order valence-electron chi connectivity index (χ0n) is 10.8. The van der Waals surface area contributed by atoms with E-state index in [0.29, 0.717) is 18.5 Å². The summed E-state index contributed by atoms with van der Waals surface area (Å²) in [6.07, 6.45) is 2.34. The van der Waals surface area contributed by atoms with Crippen molar-refractivity contribution in [3.05, 3.63) is 35.4 Å². The number of benzene rings is 1. The van der Waals surface area contributed by atoms with Crippen LogP contribution in [0.2, 0.25) is 0 Å². The Bertz CT molecular complexity index is 479. The molecular weight excluding hydrogens is 252 g/mol. The molecule has 3 nitrogen and oxygen atoms in total. The van der Waals surface area contributed by atoms with Crippen molar-refractivity contribution in [2.45, 2.75) is 38.3 Å². The second-order valence-corrected chi connectivity index (χ2v) is 4.93. The van der Waals surface area contributed by atoms with Gasteiger partial charge < -0.3 is 5.11 Å². The maximum absolute atomic E-state index is 13.8. The largest absolute Gasteiger partial charge is 0.480 e. The van der Waals surface area contributed by atoms with Gasteiger partial charge in [0.05, 0.1) is 0 Å². The maximum Gasteiger partial charge on any atom is 0.320 e. The van der Waals surface area contributed by atoms with Crippen molar-refractivity contribution >= 4 is 5.97 Å². The van der Waals surface area contributed by atoms with Gasteiger partial charge in [-0.15, -0.1) is 0 Å². The van der Waals surface area contributed by atoms with E-state index in [1.165, 1.54) is 12.1 Å². The van der Waals surface area contributed by atoms with Crippen molar-refractivity contribution in [3.63, 3.8) is 0 Å². The number of hydrogen-bond acceptors (Lipinski definition) is 2. The molecule has 1 aliphatic rings. The van der Waals surface area contributed by atoms with Crippen LogP contribution in [0.15, 0.2) is 18.2 Å². The molecule has 0 saturated carbocycles. The van der Waals surface area contributed by atoms with Gasteiger partial charge >= 0.3 is 5.97 Å². The molecule has 1 aliphatic heterocycles. The maximum atomic E-state index is 13.8. The van der Waals surface area contributed by atoms with E-state index in [2.05, 4.69) is 0 Å². The van der Waals surface area contributed by atoms with E-state index in [0.717, 1.165) is 18.9 Å². The van der Waals surface area contributed by atoms with Gasteiger partial charge in [0.2, 0.25) is 0 Å². The minimum atomic E-state index is -0.880. The molecule has 19 heavy (non-hydrogen) atoms. The first-order valence-electron chi connectivity index (χ1n) is 6.44. The Morgan fingerprint density at radius 3 is 2.79 bits per heavy atom. The van der Waals surface area contributed by atoms with Crippen LogP contribution < -0.4 is 0 Å². The average molecular weight is 269 g/mol. The lowest BCUT2D eigenvalue weighted by molar-refractivity contribution is -0.145. The summed E-state index contributed by atoms with van der Waals surface area (Å²) in [6, 6.07) is 2.47. The number of carbonyl (C=O) groups is 1. The minimum absolute atomic E-state index is 0.342. The standard InChI is InChI=1S/C14H17F2NO2/c1-9(11-6-5-10(15)8-12(11)16)17-7-3-2-4-13(17)14(18)19/h5-6,8-9,13H,2-4,7H2,1H3,(H,18,19). The number of likely N-dealkylation sites (tertiary alicyclic amines) is 1. The fourth-order valence-electron chi connectivity index (χ4n) is 2.70. The van der Waals surface area contributed by atoms with Crippen LogP contribution in [0.4, 0.5) is 8.78 Å². The Kier molecular flexibility index (Phi) is 4.14. The van der Waals surface area contributed by atoms with E-state index in [-0.39, 0.29) is 6.04 Å². The van der Waals surface area contributed by atoms with Gasteiger partial charge in [0.15, 0.2) is 0 Å². The van der Waals surface area contributed by atoms with Gasteiger partial charge in [0, 0.05) is 17.7 Å². The molecule has 1 aromatic carbocycles. The Hall–Kier alpha value is -1.49. The molecule has 5 heteroatoms. The van der Waals surface area contributed by atoms with Gasteiger partial charge in [-0.1, -0.05) is 12.5 Å². The first-order valence-corrected chi connectivity index (χ1v) is 6.44. The lowest BCUT2D eigenvalue weighted by Gasteiger charge is -2.37. The molecule has 2 atom stereocenters. The highest BCUT2D eigenvalue weighted by atomic mass is 19.1. The molecule has 0 radical (unpaired) electrons. The van der Waals surface area contributed by atoms with E-state index in [4.69, 9.17) is 0 Å². The van der Waals surface area contributed by atoms with E-state index >= 15 is 0 Å². The van der Waals surface area contributed by atoms with Gasteiger partial charge in [-0.2, -0.15) is 0 Å². The number of halogens is 2. The van der Waals surface area contributed by atoms with Crippen molar-refractivity contribution in [2.75, 3.05) is 6.54 Å². The highest BCUT2D eigenvalue weighted by molar-refractivity contribution is 5.73. The number of rotatable bonds is 3. The van der Waals surface area contributed by atoms with Crippen molar-refractivity contribution in [2.24, 2.45) is 0 Å². The van der Waals surface area contributed by atoms with Crippen LogP contribution in [0.1, 0.15) is 37.8 Å². The monoisotopic (exact) mass is 269 g/mol. The van der Waals surface area contributed by atoms with Crippen LogP contribution in [0.3, 0.4) is 0 Å². The number of nitrogens with zero attached hydrogens (tertiary/aromatic N) is 1. The second-order valence-electron chi connectivity index (χ2n) is 4.93. The van der Waals surface area contributed by atoms with Gasteiger partial charge in [0.1, 0.15) is 17.7 Å². The Morgan fingerprint density at radius 1 is 1.42 bits per heavy atom. The third kappa shape index (κ3) is 2.92. The summed E-state index contributed by atoms with van der Waals surface area (Å²) in [5.74, 6) is -2.13. The number of carboxylic acid groups (broad SMARTS) is 1. The molecule has 0 spiro atoms. The molecule has 0 aliphatic carbocycles. The highest BCUT2D eigenvalue weighted by Gasteiger charge is 2.33. The lowest BCUT2D eigenvalue weighted by atomic mass is 9.97. The molecular formula is C14H17F2NO2. The topological polar surface area (TPSA) is 40.5 Å². The van der Waals surface area contributed by atoms with Gasteiger partial charge in [0.25, 0.3) is 0 Å². The van der Waals surface area contributed by atoms with Crippen molar-refractivity contribution < 1.29 is 18.7 Å². The third-order valence-corrected chi connectivity index (χ3v) is 3.74. The van der Waals surface area contributed by atoms with Crippen LogP contribution in [0.25, 0.3) is 0 Å². The van der Waals surface area contributed by atoms with Crippen molar-refractivity contribution in [3.8, 4) is 0 Å². The molecule has 1 heterocycles. The van der Waals surface area contributed by atoms with Crippen molar-refractivity contribution in [1.29, 1.82) is 0 Å². The number of piperidine rings is 1.